The second-order valence-electron chi connectivity index (χ2n) is 3.38. The summed E-state index contributed by atoms with van der Waals surface area (Å²) in [6.45, 7) is 4.44. The third-order valence-corrected chi connectivity index (χ3v) is 3.67. The van der Waals surface area contributed by atoms with Crippen molar-refractivity contribution in [2.45, 2.75) is 25.5 Å². The second-order valence-corrected chi connectivity index (χ2v) is 4.74. The fraction of sp³-hybridized carbons (Fsp3) is 0.600. The molecule has 0 aromatic heterocycles. The molecule has 0 bridgehead atoms. The van der Waals surface area contributed by atoms with Crippen LogP contribution in [0.2, 0.25) is 0 Å². The molecule has 1 aliphatic carbocycles. The van der Waals surface area contributed by atoms with Gasteiger partial charge in [-0.3, -0.25) is 0 Å². The molecule has 0 nitrogen and oxygen atoms in total. The predicted molar refractivity (Wildman–Crippen MR) is 51.9 cm³/mol. The molecule has 0 saturated heterocycles. The lowest BCUT2D eigenvalue weighted by atomic mass is 10.1. The van der Waals surface area contributed by atoms with Gasteiger partial charge in [-0.05, 0) is 20.3 Å². The van der Waals surface area contributed by atoms with E-state index >= 15 is 0 Å². The zero-order chi connectivity index (χ0) is 7.84. The quantitative estimate of drug-likeness (QED) is 0.540. The molecule has 0 N–H and O–H groups in total. The Morgan fingerprint density at radius 2 is 2.45 bits per heavy atom. The predicted octanol–water partition coefficient (Wildman–Crippen LogP) is 3.01. The van der Waals surface area contributed by atoms with E-state index in [1.54, 1.807) is 11.1 Å². The van der Waals surface area contributed by atoms with Crippen LogP contribution in [0.25, 0.3) is 0 Å². The van der Waals surface area contributed by atoms with Crippen molar-refractivity contribution >= 4 is 11.8 Å². The minimum atomic E-state index is 0.767. The lowest BCUT2D eigenvalue weighted by Gasteiger charge is -1.92. The minimum Gasteiger partial charge on any atom is -0.150 e. The van der Waals surface area contributed by atoms with E-state index in [2.05, 4.69) is 37.8 Å². The van der Waals surface area contributed by atoms with Gasteiger partial charge in [0.15, 0.2) is 0 Å². The minimum absolute atomic E-state index is 0.767. The van der Waals surface area contributed by atoms with Gasteiger partial charge in [-0.1, -0.05) is 23.3 Å². The molecule has 1 heteroatoms. The highest BCUT2D eigenvalue weighted by atomic mass is 32.2. The molecule has 0 radical (unpaired) electrons. The third kappa shape index (κ3) is 1.39. The summed E-state index contributed by atoms with van der Waals surface area (Å²) in [5, 5.41) is 0.767. The highest BCUT2D eigenvalue weighted by Gasteiger charge is 2.33. The van der Waals surface area contributed by atoms with E-state index in [1.165, 1.54) is 12.2 Å². The van der Waals surface area contributed by atoms with Crippen LogP contribution in [-0.4, -0.2) is 11.0 Å². The van der Waals surface area contributed by atoms with E-state index in [0.29, 0.717) is 0 Å². The molecule has 1 heterocycles. The SMILES string of the molecule is C/C=C1\CC1C1=CC(C)SC1. The van der Waals surface area contributed by atoms with Crippen LogP contribution in [0.15, 0.2) is 23.3 Å². The molecule has 60 valence electrons. The first-order chi connectivity index (χ1) is 5.31. The molecule has 0 spiro atoms. The lowest BCUT2D eigenvalue weighted by Crippen LogP contribution is -1.83. The summed E-state index contributed by atoms with van der Waals surface area (Å²) in [6, 6.07) is 0. The van der Waals surface area contributed by atoms with Crippen LogP contribution in [0.5, 0.6) is 0 Å². The molecule has 2 rings (SSSR count). The van der Waals surface area contributed by atoms with Crippen LogP contribution in [-0.2, 0) is 0 Å². The number of allylic oxidation sites excluding steroid dienone is 2. The van der Waals surface area contributed by atoms with Crippen LogP contribution < -0.4 is 0 Å². The number of hydrogen-bond donors (Lipinski definition) is 0. The molecular weight excluding hydrogens is 152 g/mol. The van der Waals surface area contributed by atoms with Gasteiger partial charge in [-0.25, -0.2) is 0 Å². The van der Waals surface area contributed by atoms with Crippen molar-refractivity contribution in [1.29, 1.82) is 0 Å². The van der Waals surface area contributed by atoms with Crippen molar-refractivity contribution in [1.82, 2.24) is 0 Å². The van der Waals surface area contributed by atoms with Crippen LogP contribution in [0.4, 0.5) is 0 Å². The molecule has 0 aromatic carbocycles. The van der Waals surface area contributed by atoms with E-state index in [1.807, 2.05) is 0 Å². The van der Waals surface area contributed by atoms with Crippen molar-refractivity contribution < 1.29 is 0 Å². The van der Waals surface area contributed by atoms with Crippen molar-refractivity contribution in [2.24, 2.45) is 5.92 Å². The molecule has 0 amide bonds. The Bertz CT molecular complexity index is 225. The van der Waals surface area contributed by atoms with Gasteiger partial charge in [-0.2, -0.15) is 11.8 Å². The fourth-order valence-electron chi connectivity index (χ4n) is 1.71. The third-order valence-electron chi connectivity index (χ3n) is 2.51. The molecule has 1 fully saturated rings. The van der Waals surface area contributed by atoms with Crippen molar-refractivity contribution in [2.75, 3.05) is 5.75 Å². The normalized spacial score (nSPS) is 39.5. The van der Waals surface area contributed by atoms with Gasteiger partial charge in [0.2, 0.25) is 0 Å². The van der Waals surface area contributed by atoms with Gasteiger partial charge in [-0.15, -0.1) is 0 Å². The summed E-state index contributed by atoms with van der Waals surface area (Å²) in [6.07, 6.45) is 6.07. The van der Waals surface area contributed by atoms with Gasteiger partial charge in [0.1, 0.15) is 0 Å². The van der Waals surface area contributed by atoms with Gasteiger partial charge in [0.05, 0.1) is 0 Å². The summed E-state index contributed by atoms with van der Waals surface area (Å²) < 4.78 is 0. The maximum Gasteiger partial charge on any atom is 0.0205 e. The van der Waals surface area contributed by atoms with Gasteiger partial charge in [0.25, 0.3) is 0 Å². The average molecular weight is 166 g/mol. The van der Waals surface area contributed by atoms with E-state index in [4.69, 9.17) is 0 Å². The zero-order valence-corrected chi connectivity index (χ0v) is 7.95. The highest BCUT2D eigenvalue weighted by molar-refractivity contribution is 8.00. The van der Waals surface area contributed by atoms with Gasteiger partial charge >= 0.3 is 0 Å². The number of thioether (sulfide) groups is 1. The molecule has 1 saturated carbocycles. The molecule has 2 aliphatic rings. The summed E-state index contributed by atoms with van der Waals surface area (Å²) >= 11 is 2.07. The van der Waals surface area contributed by atoms with Crippen LogP contribution in [0, 0.1) is 5.92 Å². The highest BCUT2D eigenvalue weighted by Crippen LogP contribution is 2.47. The molecule has 11 heavy (non-hydrogen) atoms. The maximum atomic E-state index is 2.45. The molecule has 1 aliphatic heterocycles. The van der Waals surface area contributed by atoms with Crippen molar-refractivity contribution in [3.63, 3.8) is 0 Å². The summed E-state index contributed by atoms with van der Waals surface area (Å²) in [5.74, 6) is 2.14. The monoisotopic (exact) mass is 166 g/mol. The van der Waals surface area contributed by atoms with E-state index in [-0.39, 0.29) is 0 Å². The summed E-state index contributed by atoms with van der Waals surface area (Å²) in [5.41, 5.74) is 3.35. The first kappa shape index (κ1) is 7.48. The Morgan fingerprint density at radius 3 is 2.91 bits per heavy atom. The molecule has 2 unspecified atom stereocenters. The number of hydrogen-bond acceptors (Lipinski definition) is 1. The molecular formula is C10H14S. The first-order valence-corrected chi connectivity index (χ1v) is 5.33. The molecule has 0 aromatic rings. The Kier molecular flexibility index (Phi) is 1.84. The molecule has 2 atom stereocenters. The topological polar surface area (TPSA) is 0 Å². The standard InChI is InChI=1S/C10H14S/c1-3-8-5-10(8)9-4-7(2)11-6-9/h3-4,7,10H,5-6H2,1-2H3/b8-3+. The maximum absolute atomic E-state index is 2.45. The average Bonchev–Trinajstić information content (AvgIpc) is 2.68. The lowest BCUT2D eigenvalue weighted by molar-refractivity contribution is 1.04. The van der Waals surface area contributed by atoms with Gasteiger partial charge in [0, 0.05) is 16.9 Å². The van der Waals surface area contributed by atoms with E-state index < -0.39 is 0 Å². The summed E-state index contributed by atoms with van der Waals surface area (Å²) in [7, 11) is 0. The Morgan fingerprint density at radius 1 is 1.64 bits per heavy atom. The van der Waals surface area contributed by atoms with Crippen LogP contribution in [0.3, 0.4) is 0 Å². The van der Waals surface area contributed by atoms with E-state index in [0.717, 1.165) is 11.2 Å². The zero-order valence-electron chi connectivity index (χ0n) is 7.13. The second kappa shape index (κ2) is 2.71. The van der Waals surface area contributed by atoms with Gasteiger partial charge < -0.3 is 0 Å². The van der Waals surface area contributed by atoms with Crippen LogP contribution >= 0.6 is 11.8 Å². The Balaban J connectivity index is 2.03. The first-order valence-electron chi connectivity index (χ1n) is 4.28. The smallest absolute Gasteiger partial charge is 0.0205 e. The van der Waals surface area contributed by atoms with Crippen molar-refractivity contribution in [3.8, 4) is 0 Å². The number of rotatable bonds is 1. The Labute approximate surface area is 72.8 Å². The van der Waals surface area contributed by atoms with E-state index in [9.17, 15) is 0 Å². The van der Waals surface area contributed by atoms with Crippen LogP contribution in [0.1, 0.15) is 20.3 Å². The fourth-order valence-corrected chi connectivity index (χ4v) is 2.73. The van der Waals surface area contributed by atoms with Crippen molar-refractivity contribution in [3.05, 3.63) is 23.3 Å². The summed E-state index contributed by atoms with van der Waals surface area (Å²) in [4.78, 5) is 0. The largest absolute Gasteiger partial charge is 0.150 e. The Hall–Kier alpha value is -0.170.